The summed E-state index contributed by atoms with van der Waals surface area (Å²) in [6.45, 7) is 0. The number of aliphatic carboxylic acids is 1. The Kier molecular flexibility index (Phi) is 3.49. The fourth-order valence-corrected chi connectivity index (χ4v) is 1.38. The maximum atomic E-state index is 10.5. The number of carbonyl (C=O) groups is 1. The Bertz CT molecular complexity index is 351. The third-order valence-corrected chi connectivity index (χ3v) is 2.22. The van der Waals surface area contributed by atoms with Gasteiger partial charge in [-0.2, -0.15) is 0 Å². The van der Waals surface area contributed by atoms with Crippen molar-refractivity contribution in [3.63, 3.8) is 0 Å². The van der Waals surface area contributed by atoms with Gasteiger partial charge in [0.05, 0.1) is 7.11 Å². The number of carboxylic acids is 1. The van der Waals surface area contributed by atoms with E-state index in [4.69, 9.17) is 9.84 Å². The standard InChI is InChI=1S/C9H9BrO4/c1-14-7-4-5(10)2-3-6(7)8(11)9(12)13/h2-4,8,11H,1H3,(H,12,13). The van der Waals surface area contributed by atoms with Gasteiger partial charge in [0.2, 0.25) is 0 Å². The lowest BCUT2D eigenvalue weighted by atomic mass is 10.1. The minimum atomic E-state index is -1.56. The Balaban J connectivity index is 3.13. The number of carboxylic acid groups (broad SMARTS) is 1. The molecule has 2 N–H and O–H groups in total. The third kappa shape index (κ3) is 2.24. The smallest absolute Gasteiger partial charge is 0.337 e. The fourth-order valence-electron chi connectivity index (χ4n) is 1.04. The van der Waals surface area contributed by atoms with Gasteiger partial charge >= 0.3 is 5.97 Å². The maximum absolute atomic E-state index is 10.5. The highest BCUT2D eigenvalue weighted by atomic mass is 79.9. The first kappa shape index (κ1) is 11.0. The monoisotopic (exact) mass is 260 g/mol. The Morgan fingerprint density at radius 1 is 1.57 bits per heavy atom. The number of halogens is 1. The molecule has 0 amide bonds. The molecule has 1 aromatic rings. The molecule has 0 aliphatic carbocycles. The van der Waals surface area contributed by atoms with Crippen LogP contribution < -0.4 is 4.74 Å². The lowest BCUT2D eigenvalue weighted by Gasteiger charge is -2.11. The average Bonchev–Trinajstić information content (AvgIpc) is 2.16. The highest BCUT2D eigenvalue weighted by molar-refractivity contribution is 9.10. The molecule has 0 heterocycles. The van der Waals surface area contributed by atoms with Crippen LogP contribution in [-0.4, -0.2) is 23.3 Å². The van der Waals surface area contributed by atoms with Crippen molar-refractivity contribution in [3.8, 4) is 5.75 Å². The topological polar surface area (TPSA) is 66.8 Å². The fraction of sp³-hybridized carbons (Fsp3) is 0.222. The van der Waals surface area contributed by atoms with Crippen molar-refractivity contribution in [1.82, 2.24) is 0 Å². The van der Waals surface area contributed by atoms with Crippen molar-refractivity contribution < 1.29 is 19.7 Å². The molecule has 0 aliphatic rings. The molecule has 76 valence electrons. The van der Waals surface area contributed by atoms with E-state index in [1.165, 1.54) is 13.2 Å². The van der Waals surface area contributed by atoms with Crippen molar-refractivity contribution in [3.05, 3.63) is 28.2 Å². The first-order valence-corrected chi connectivity index (χ1v) is 4.60. The van der Waals surface area contributed by atoms with E-state index in [1.807, 2.05) is 0 Å². The number of benzene rings is 1. The second-order valence-corrected chi connectivity index (χ2v) is 3.54. The number of hydrogen-bond donors (Lipinski definition) is 2. The van der Waals surface area contributed by atoms with E-state index >= 15 is 0 Å². The van der Waals surface area contributed by atoms with E-state index in [-0.39, 0.29) is 5.56 Å². The lowest BCUT2D eigenvalue weighted by Crippen LogP contribution is -2.11. The summed E-state index contributed by atoms with van der Waals surface area (Å²) >= 11 is 3.21. The Hall–Kier alpha value is -1.07. The molecule has 0 aliphatic heterocycles. The van der Waals surface area contributed by atoms with Crippen molar-refractivity contribution >= 4 is 21.9 Å². The van der Waals surface area contributed by atoms with Crippen LogP contribution in [0, 0.1) is 0 Å². The van der Waals surface area contributed by atoms with Gasteiger partial charge in [-0.3, -0.25) is 0 Å². The molecule has 0 spiro atoms. The second kappa shape index (κ2) is 4.43. The van der Waals surface area contributed by atoms with Gasteiger partial charge in [0, 0.05) is 10.0 Å². The van der Waals surface area contributed by atoms with E-state index in [2.05, 4.69) is 15.9 Å². The van der Waals surface area contributed by atoms with E-state index in [1.54, 1.807) is 12.1 Å². The van der Waals surface area contributed by atoms with E-state index in [0.29, 0.717) is 5.75 Å². The molecular weight excluding hydrogens is 252 g/mol. The molecule has 0 saturated heterocycles. The minimum Gasteiger partial charge on any atom is -0.496 e. The zero-order chi connectivity index (χ0) is 10.7. The van der Waals surface area contributed by atoms with Crippen LogP contribution in [0.3, 0.4) is 0 Å². The molecule has 5 heteroatoms. The summed E-state index contributed by atoms with van der Waals surface area (Å²) < 4.78 is 5.70. The van der Waals surface area contributed by atoms with Gasteiger partial charge in [0.25, 0.3) is 0 Å². The zero-order valence-corrected chi connectivity index (χ0v) is 8.98. The highest BCUT2D eigenvalue weighted by Gasteiger charge is 2.20. The maximum Gasteiger partial charge on any atom is 0.337 e. The molecule has 1 rings (SSSR count). The van der Waals surface area contributed by atoms with Gasteiger partial charge in [-0.15, -0.1) is 0 Å². The second-order valence-electron chi connectivity index (χ2n) is 2.63. The van der Waals surface area contributed by atoms with Crippen molar-refractivity contribution in [2.75, 3.05) is 7.11 Å². The third-order valence-electron chi connectivity index (χ3n) is 1.72. The molecule has 0 radical (unpaired) electrons. The predicted molar refractivity (Wildman–Crippen MR) is 53.3 cm³/mol. The van der Waals surface area contributed by atoms with Gasteiger partial charge in [-0.25, -0.2) is 4.79 Å². The summed E-state index contributed by atoms with van der Waals surface area (Å²) in [5.74, 6) is -0.958. The Morgan fingerprint density at radius 2 is 2.21 bits per heavy atom. The summed E-state index contributed by atoms with van der Waals surface area (Å²) in [6, 6.07) is 4.74. The van der Waals surface area contributed by atoms with E-state index in [0.717, 1.165) is 4.47 Å². The lowest BCUT2D eigenvalue weighted by molar-refractivity contribution is -0.147. The minimum absolute atomic E-state index is 0.239. The van der Waals surface area contributed by atoms with Crippen LogP contribution >= 0.6 is 15.9 Å². The Morgan fingerprint density at radius 3 is 2.71 bits per heavy atom. The average molecular weight is 261 g/mol. The van der Waals surface area contributed by atoms with Crippen LogP contribution in [0.5, 0.6) is 5.75 Å². The van der Waals surface area contributed by atoms with Crippen LogP contribution in [0.4, 0.5) is 0 Å². The summed E-state index contributed by atoms with van der Waals surface area (Å²) in [5.41, 5.74) is 0.239. The number of aliphatic hydroxyl groups excluding tert-OH is 1. The van der Waals surface area contributed by atoms with Crippen molar-refractivity contribution in [2.45, 2.75) is 6.10 Å². The molecule has 1 aromatic carbocycles. The van der Waals surface area contributed by atoms with Crippen LogP contribution in [0.2, 0.25) is 0 Å². The molecule has 0 saturated carbocycles. The first-order chi connectivity index (χ1) is 6.56. The van der Waals surface area contributed by atoms with E-state index < -0.39 is 12.1 Å². The molecule has 4 nitrogen and oxygen atoms in total. The van der Waals surface area contributed by atoms with Gasteiger partial charge in [0.1, 0.15) is 5.75 Å². The quantitative estimate of drug-likeness (QED) is 0.866. The molecule has 0 fully saturated rings. The first-order valence-electron chi connectivity index (χ1n) is 3.80. The molecule has 0 aromatic heterocycles. The van der Waals surface area contributed by atoms with Crippen LogP contribution in [-0.2, 0) is 4.79 Å². The van der Waals surface area contributed by atoms with Crippen LogP contribution in [0.1, 0.15) is 11.7 Å². The van der Waals surface area contributed by atoms with Gasteiger partial charge in [0.15, 0.2) is 6.10 Å². The number of aliphatic hydroxyl groups is 1. The number of methoxy groups -OCH3 is 1. The molecule has 1 unspecified atom stereocenters. The molecule has 0 bridgehead atoms. The van der Waals surface area contributed by atoms with Crippen LogP contribution in [0.25, 0.3) is 0 Å². The summed E-state index contributed by atoms with van der Waals surface area (Å²) in [4.78, 5) is 10.5. The predicted octanol–water partition coefficient (Wildman–Crippen LogP) is 1.58. The van der Waals surface area contributed by atoms with Crippen molar-refractivity contribution in [2.24, 2.45) is 0 Å². The van der Waals surface area contributed by atoms with Crippen LogP contribution in [0.15, 0.2) is 22.7 Å². The highest BCUT2D eigenvalue weighted by Crippen LogP contribution is 2.28. The molecule has 1 atom stereocenters. The number of hydrogen-bond acceptors (Lipinski definition) is 3. The molecular formula is C9H9BrO4. The number of ether oxygens (including phenoxy) is 1. The normalized spacial score (nSPS) is 12.2. The van der Waals surface area contributed by atoms with Gasteiger partial charge in [-0.05, 0) is 12.1 Å². The Labute approximate surface area is 89.3 Å². The van der Waals surface area contributed by atoms with E-state index in [9.17, 15) is 9.90 Å². The van der Waals surface area contributed by atoms with Crippen molar-refractivity contribution in [1.29, 1.82) is 0 Å². The summed E-state index contributed by atoms with van der Waals surface area (Å²) in [6.07, 6.45) is -1.56. The summed E-state index contributed by atoms with van der Waals surface area (Å²) in [5, 5.41) is 17.9. The van der Waals surface area contributed by atoms with Gasteiger partial charge in [-0.1, -0.05) is 22.0 Å². The largest absolute Gasteiger partial charge is 0.496 e. The molecule has 14 heavy (non-hydrogen) atoms. The van der Waals surface area contributed by atoms with Gasteiger partial charge < -0.3 is 14.9 Å². The number of rotatable bonds is 3. The SMILES string of the molecule is COc1cc(Br)ccc1C(O)C(=O)O. The summed E-state index contributed by atoms with van der Waals surface area (Å²) in [7, 11) is 1.42. The zero-order valence-electron chi connectivity index (χ0n) is 7.40.